The summed E-state index contributed by atoms with van der Waals surface area (Å²) in [6.07, 6.45) is 0.712. The molecule has 1 aromatic rings. The molecule has 0 amide bonds. The second-order valence-electron chi connectivity index (χ2n) is 4.34. The third-order valence-corrected chi connectivity index (χ3v) is 3.39. The minimum absolute atomic E-state index is 0.246. The summed E-state index contributed by atoms with van der Waals surface area (Å²) >= 11 is 11.8. The fourth-order valence-electron chi connectivity index (χ4n) is 2.14. The number of benzene rings is 1. The van der Waals surface area contributed by atoms with E-state index in [1.54, 1.807) is 6.07 Å². The Morgan fingerprint density at radius 1 is 1.35 bits per heavy atom. The Bertz CT molecular complexity index is 416. The number of halogens is 2. The highest BCUT2D eigenvalue weighted by atomic mass is 35.5. The summed E-state index contributed by atoms with van der Waals surface area (Å²) in [5, 5.41) is 10.1. The van der Waals surface area contributed by atoms with E-state index in [2.05, 4.69) is 4.90 Å². The van der Waals surface area contributed by atoms with Gasteiger partial charge >= 0.3 is 5.97 Å². The van der Waals surface area contributed by atoms with Crippen molar-refractivity contribution in [1.29, 1.82) is 0 Å². The summed E-state index contributed by atoms with van der Waals surface area (Å²) in [6, 6.07) is 5.42. The molecule has 5 heteroatoms. The van der Waals surface area contributed by atoms with Crippen LogP contribution in [-0.2, 0) is 11.3 Å². The molecular formula is C12H13Cl2NO2. The lowest BCUT2D eigenvalue weighted by Gasteiger charge is -2.15. The van der Waals surface area contributed by atoms with Gasteiger partial charge in [0, 0.05) is 23.1 Å². The Morgan fingerprint density at radius 3 is 2.53 bits per heavy atom. The fraction of sp³-hybridized carbons (Fsp3) is 0.417. The Kier molecular flexibility index (Phi) is 3.92. The average molecular weight is 274 g/mol. The number of hydrogen-bond acceptors (Lipinski definition) is 2. The van der Waals surface area contributed by atoms with Gasteiger partial charge in [0.15, 0.2) is 0 Å². The summed E-state index contributed by atoms with van der Waals surface area (Å²) in [5.74, 6) is -0.957. The van der Waals surface area contributed by atoms with Gasteiger partial charge in [-0.1, -0.05) is 23.2 Å². The number of hydrogen-bond donors (Lipinski definition) is 1. The van der Waals surface area contributed by atoms with E-state index in [0.29, 0.717) is 29.6 Å². The van der Waals surface area contributed by atoms with E-state index in [1.807, 2.05) is 12.1 Å². The molecule has 1 aromatic carbocycles. The van der Waals surface area contributed by atoms with E-state index >= 15 is 0 Å². The number of carboxylic acids is 1. The molecule has 2 rings (SSSR count). The van der Waals surface area contributed by atoms with E-state index in [1.165, 1.54) is 0 Å². The lowest BCUT2D eigenvalue weighted by molar-refractivity contribution is -0.141. The molecular weight excluding hydrogens is 261 g/mol. The molecule has 1 atom stereocenters. The number of nitrogens with zero attached hydrogens (tertiary/aromatic N) is 1. The molecule has 17 heavy (non-hydrogen) atoms. The largest absolute Gasteiger partial charge is 0.481 e. The lowest BCUT2D eigenvalue weighted by atomic mass is 10.1. The quantitative estimate of drug-likeness (QED) is 0.921. The maximum atomic E-state index is 10.8. The van der Waals surface area contributed by atoms with Crippen LogP contribution in [0, 0.1) is 5.92 Å². The van der Waals surface area contributed by atoms with E-state index in [9.17, 15) is 4.79 Å². The van der Waals surface area contributed by atoms with Crippen molar-refractivity contribution in [3.05, 3.63) is 33.8 Å². The zero-order valence-corrected chi connectivity index (χ0v) is 10.7. The van der Waals surface area contributed by atoms with E-state index in [-0.39, 0.29) is 5.92 Å². The number of aliphatic carboxylic acids is 1. The van der Waals surface area contributed by atoms with Crippen LogP contribution in [0.5, 0.6) is 0 Å². The van der Waals surface area contributed by atoms with Crippen LogP contribution in [0.3, 0.4) is 0 Å². The van der Waals surface area contributed by atoms with Crippen LogP contribution in [0.15, 0.2) is 18.2 Å². The van der Waals surface area contributed by atoms with Gasteiger partial charge in [0.2, 0.25) is 0 Å². The minimum Gasteiger partial charge on any atom is -0.481 e. The van der Waals surface area contributed by atoms with E-state index in [4.69, 9.17) is 28.3 Å². The molecule has 0 radical (unpaired) electrons. The fourth-order valence-corrected chi connectivity index (χ4v) is 2.71. The summed E-state index contributed by atoms with van der Waals surface area (Å²) in [5.41, 5.74) is 1.02. The van der Waals surface area contributed by atoms with Crippen molar-refractivity contribution in [3.8, 4) is 0 Å². The Balaban J connectivity index is 2.00. The first-order valence-electron chi connectivity index (χ1n) is 5.45. The summed E-state index contributed by atoms with van der Waals surface area (Å²) < 4.78 is 0. The molecule has 0 aromatic heterocycles. The first-order chi connectivity index (χ1) is 8.04. The molecule has 3 nitrogen and oxygen atoms in total. The molecule has 1 aliphatic rings. The Hall–Kier alpha value is -0.770. The normalized spacial score (nSPS) is 20.7. The second-order valence-corrected chi connectivity index (χ2v) is 5.21. The number of carbonyl (C=O) groups is 1. The Labute approximate surface area is 110 Å². The van der Waals surface area contributed by atoms with Gasteiger partial charge in [0.05, 0.1) is 5.92 Å². The molecule has 1 heterocycles. The molecule has 0 bridgehead atoms. The van der Waals surface area contributed by atoms with Gasteiger partial charge in [0.25, 0.3) is 0 Å². The van der Waals surface area contributed by atoms with Crippen LogP contribution in [0.2, 0.25) is 10.0 Å². The zero-order valence-electron chi connectivity index (χ0n) is 9.20. The van der Waals surface area contributed by atoms with Crippen LogP contribution in [-0.4, -0.2) is 29.1 Å². The van der Waals surface area contributed by atoms with Gasteiger partial charge in [-0.15, -0.1) is 0 Å². The lowest BCUT2D eigenvalue weighted by Crippen LogP contribution is -2.22. The van der Waals surface area contributed by atoms with Crippen LogP contribution >= 0.6 is 23.2 Å². The number of carboxylic acid groups (broad SMARTS) is 1. The number of rotatable bonds is 3. The molecule has 1 N–H and O–H groups in total. The third kappa shape index (κ3) is 3.35. The highest BCUT2D eigenvalue weighted by Gasteiger charge is 2.27. The smallest absolute Gasteiger partial charge is 0.307 e. The molecule has 0 unspecified atom stereocenters. The van der Waals surface area contributed by atoms with Crippen molar-refractivity contribution in [2.75, 3.05) is 13.1 Å². The highest BCUT2D eigenvalue weighted by Crippen LogP contribution is 2.23. The summed E-state index contributed by atoms with van der Waals surface area (Å²) in [6.45, 7) is 2.10. The number of likely N-dealkylation sites (tertiary alicyclic amines) is 1. The van der Waals surface area contributed by atoms with Crippen LogP contribution in [0.1, 0.15) is 12.0 Å². The maximum absolute atomic E-state index is 10.8. The van der Waals surface area contributed by atoms with Crippen LogP contribution < -0.4 is 0 Å². The monoisotopic (exact) mass is 273 g/mol. The molecule has 1 aliphatic heterocycles. The Morgan fingerprint density at radius 2 is 2.00 bits per heavy atom. The van der Waals surface area contributed by atoms with Crippen molar-refractivity contribution < 1.29 is 9.90 Å². The van der Waals surface area contributed by atoms with Gasteiger partial charge in [-0.05, 0) is 36.7 Å². The summed E-state index contributed by atoms with van der Waals surface area (Å²) in [4.78, 5) is 13.0. The first-order valence-corrected chi connectivity index (χ1v) is 6.20. The maximum Gasteiger partial charge on any atom is 0.307 e. The van der Waals surface area contributed by atoms with Crippen molar-refractivity contribution in [3.63, 3.8) is 0 Å². The molecule has 1 fully saturated rings. The van der Waals surface area contributed by atoms with E-state index < -0.39 is 5.97 Å². The first kappa shape index (κ1) is 12.7. The van der Waals surface area contributed by atoms with Crippen molar-refractivity contribution >= 4 is 29.2 Å². The third-order valence-electron chi connectivity index (χ3n) is 2.95. The van der Waals surface area contributed by atoms with Crippen LogP contribution in [0.4, 0.5) is 0 Å². The topological polar surface area (TPSA) is 40.5 Å². The van der Waals surface area contributed by atoms with E-state index in [0.717, 1.165) is 12.1 Å². The molecule has 0 spiro atoms. The van der Waals surface area contributed by atoms with Gasteiger partial charge in [-0.3, -0.25) is 9.69 Å². The van der Waals surface area contributed by atoms with Gasteiger partial charge in [-0.25, -0.2) is 0 Å². The van der Waals surface area contributed by atoms with Gasteiger partial charge in [0.1, 0.15) is 0 Å². The van der Waals surface area contributed by atoms with Gasteiger partial charge < -0.3 is 5.11 Å². The standard InChI is InChI=1S/C12H13Cl2NO2/c13-10-3-8(4-11(14)5-10)6-15-2-1-9(7-15)12(16)17/h3-5,9H,1-2,6-7H2,(H,16,17)/t9-/m1/s1. The molecule has 92 valence electrons. The van der Waals surface area contributed by atoms with Crippen molar-refractivity contribution in [2.24, 2.45) is 5.92 Å². The van der Waals surface area contributed by atoms with Crippen LogP contribution in [0.25, 0.3) is 0 Å². The van der Waals surface area contributed by atoms with Gasteiger partial charge in [-0.2, -0.15) is 0 Å². The van der Waals surface area contributed by atoms with Crippen molar-refractivity contribution in [2.45, 2.75) is 13.0 Å². The highest BCUT2D eigenvalue weighted by molar-refractivity contribution is 6.34. The predicted octanol–water partition coefficient (Wildman–Crippen LogP) is 2.90. The molecule has 1 saturated heterocycles. The zero-order chi connectivity index (χ0) is 12.4. The average Bonchev–Trinajstić information content (AvgIpc) is 2.64. The van der Waals surface area contributed by atoms with Crippen molar-refractivity contribution in [1.82, 2.24) is 4.90 Å². The second kappa shape index (κ2) is 5.25. The molecule has 0 saturated carbocycles. The summed E-state index contributed by atoms with van der Waals surface area (Å²) in [7, 11) is 0. The SMILES string of the molecule is O=C(O)[C@@H]1CCN(Cc2cc(Cl)cc(Cl)c2)C1. The molecule has 0 aliphatic carbocycles. The predicted molar refractivity (Wildman–Crippen MR) is 67.5 cm³/mol. The minimum atomic E-state index is -0.711.